The van der Waals surface area contributed by atoms with Gasteiger partial charge in [-0.3, -0.25) is 9.59 Å². The Kier molecular flexibility index (Phi) is 6.72. The normalized spacial score (nSPS) is 13.5. The van der Waals surface area contributed by atoms with Crippen molar-refractivity contribution in [2.24, 2.45) is 0 Å². The first-order chi connectivity index (χ1) is 16.4. The Labute approximate surface area is 198 Å². The van der Waals surface area contributed by atoms with Crippen LogP contribution in [-0.2, 0) is 0 Å². The molecule has 0 radical (unpaired) electrons. The van der Waals surface area contributed by atoms with Crippen LogP contribution in [0.3, 0.4) is 0 Å². The van der Waals surface area contributed by atoms with Crippen molar-refractivity contribution < 1.29 is 23.8 Å². The summed E-state index contributed by atoms with van der Waals surface area (Å²) in [5.41, 5.74) is 2.67. The number of aryl methyl sites for hydroxylation is 1. The second-order valence-corrected chi connectivity index (χ2v) is 8.01. The molecule has 178 valence electrons. The number of hydrogen-bond acceptors (Lipinski definition) is 6. The average molecular weight is 465 g/mol. The summed E-state index contributed by atoms with van der Waals surface area (Å²) < 4.78 is 17.6. The molecule has 0 unspecified atom stereocenters. The highest BCUT2D eigenvalue weighted by Gasteiger charge is 2.27. The summed E-state index contributed by atoms with van der Waals surface area (Å²) in [7, 11) is 4.69. The van der Waals surface area contributed by atoms with Crippen molar-refractivity contribution in [3.63, 3.8) is 0 Å². The lowest BCUT2D eigenvalue weighted by Crippen LogP contribution is -2.50. The molecule has 4 rings (SSSR count). The summed E-state index contributed by atoms with van der Waals surface area (Å²) in [4.78, 5) is 29.5. The van der Waals surface area contributed by atoms with Gasteiger partial charge in [-0.1, -0.05) is 6.07 Å². The van der Waals surface area contributed by atoms with E-state index in [1.54, 1.807) is 66.3 Å². The second kappa shape index (κ2) is 9.86. The lowest BCUT2D eigenvalue weighted by Gasteiger charge is -2.34. The van der Waals surface area contributed by atoms with Crippen molar-refractivity contribution in [2.45, 2.75) is 6.92 Å². The number of rotatable bonds is 6. The highest BCUT2D eigenvalue weighted by molar-refractivity contribution is 5.96. The van der Waals surface area contributed by atoms with E-state index in [0.29, 0.717) is 54.7 Å². The minimum atomic E-state index is -0.166. The maximum atomic E-state index is 13.1. The SMILES string of the molecule is COc1cc(OC)cc(C(=O)N2CCN(C(=O)c3ccn(-c4cc(C)ccc4OC)n3)CC2)c1. The molecule has 0 aliphatic carbocycles. The highest BCUT2D eigenvalue weighted by Crippen LogP contribution is 2.25. The van der Waals surface area contributed by atoms with Gasteiger partial charge >= 0.3 is 0 Å². The highest BCUT2D eigenvalue weighted by atomic mass is 16.5. The Bertz CT molecular complexity index is 1180. The molecule has 1 saturated heterocycles. The first-order valence-electron chi connectivity index (χ1n) is 11.0. The molecule has 1 aliphatic heterocycles. The van der Waals surface area contributed by atoms with Gasteiger partial charge in [0.25, 0.3) is 11.8 Å². The van der Waals surface area contributed by atoms with E-state index in [1.165, 1.54) is 0 Å². The maximum absolute atomic E-state index is 13.1. The van der Waals surface area contributed by atoms with Gasteiger partial charge in [0.2, 0.25) is 0 Å². The van der Waals surface area contributed by atoms with Crippen LogP contribution in [0.4, 0.5) is 0 Å². The average Bonchev–Trinajstić information content (AvgIpc) is 3.37. The van der Waals surface area contributed by atoms with Crippen LogP contribution in [0.2, 0.25) is 0 Å². The van der Waals surface area contributed by atoms with Crippen molar-refractivity contribution >= 4 is 11.8 Å². The number of piperazine rings is 1. The predicted octanol–water partition coefficient (Wildman–Crippen LogP) is 2.80. The van der Waals surface area contributed by atoms with Crippen LogP contribution in [0.25, 0.3) is 5.69 Å². The van der Waals surface area contributed by atoms with E-state index in [0.717, 1.165) is 11.3 Å². The summed E-state index contributed by atoms with van der Waals surface area (Å²) in [6.07, 6.45) is 1.75. The smallest absolute Gasteiger partial charge is 0.274 e. The van der Waals surface area contributed by atoms with Crippen molar-refractivity contribution in [2.75, 3.05) is 47.5 Å². The zero-order valence-corrected chi connectivity index (χ0v) is 19.8. The number of aromatic nitrogens is 2. The van der Waals surface area contributed by atoms with Gasteiger partial charge in [-0.15, -0.1) is 0 Å². The van der Waals surface area contributed by atoms with E-state index < -0.39 is 0 Å². The zero-order valence-electron chi connectivity index (χ0n) is 19.8. The fourth-order valence-electron chi connectivity index (χ4n) is 3.94. The molecule has 9 heteroatoms. The van der Waals surface area contributed by atoms with Crippen LogP contribution in [0.1, 0.15) is 26.4 Å². The molecule has 2 aromatic carbocycles. The van der Waals surface area contributed by atoms with Crippen LogP contribution in [0, 0.1) is 6.92 Å². The summed E-state index contributed by atoms with van der Waals surface area (Å²) >= 11 is 0. The van der Waals surface area contributed by atoms with E-state index in [-0.39, 0.29) is 11.8 Å². The van der Waals surface area contributed by atoms with Gasteiger partial charge in [0.1, 0.15) is 22.9 Å². The monoisotopic (exact) mass is 464 g/mol. The van der Waals surface area contributed by atoms with E-state index in [2.05, 4.69) is 5.10 Å². The topological polar surface area (TPSA) is 86.1 Å². The fraction of sp³-hybridized carbons (Fsp3) is 0.320. The number of methoxy groups -OCH3 is 3. The molecule has 1 fully saturated rings. The maximum Gasteiger partial charge on any atom is 0.274 e. The van der Waals surface area contributed by atoms with E-state index in [9.17, 15) is 9.59 Å². The van der Waals surface area contributed by atoms with Gasteiger partial charge < -0.3 is 24.0 Å². The van der Waals surface area contributed by atoms with Crippen molar-refractivity contribution in [3.8, 4) is 22.9 Å². The quantitative estimate of drug-likeness (QED) is 0.558. The van der Waals surface area contributed by atoms with Crippen LogP contribution in [0.5, 0.6) is 17.2 Å². The van der Waals surface area contributed by atoms with Crippen LogP contribution < -0.4 is 14.2 Å². The molecule has 2 amide bonds. The van der Waals surface area contributed by atoms with Gasteiger partial charge in [-0.05, 0) is 42.8 Å². The Morgan fingerprint density at radius 2 is 1.41 bits per heavy atom. The fourth-order valence-corrected chi connectivity index (χ4v) is 3.94. The number of benzene rings is 2. The lowest BCUT2D eigenvalue weighted by atomic mass is 10.1. The Balaban J connectivity index is 1.43. The van der Waals surface area contributed by atoms with Crippen LogP contribution >= 0.6 is 0 Å². The molecule has 3 aromatic rings. The molecule has 2 heterocycles. The number of carbonyl (C=O) groups excluding carboxylic acids is 2. The van der Waals surface area contributed by atoms with Crippen LogP contribution in [-0.4, -0.2) is 78.9 Å². The first kappa shape index (κ1) is 23.2. The summed E-state index contributed by atoms with van der Waals surface area (Å²) in [6.45, 7) is 3.69. The van der Waals surface area contributed by atoms with E-state index >= 15 is 0 Å². The number of nitrogens with zero attached hydrogens (tertiary/aromatic N) is 4. The molecule has 0 atom stereocenters. The van der Waals surface area contributed by atoms with E-state index in [1.807, 2.05) is 25.1 Å². The third kappa shape index (κ3) is 4.68. The van der Waals surface area contributed by atoms with Gasteiger partial charge in [-0.25, -0.2) is 4.68 Å². The third-order valence-corrected chi connectivity index (χ3v) is 5.84. The molecule has 0 saturated carbocycles. The molecular weight excluding hydrogens is 436 g/mol. The van der Waals surface area contributed by atoms with Gasteiger partial charge in [0.15, 0.2) is 5.69 Å². The van der Waals surface area contributed by atoms with Crippen molar-refractivity contribution in [1.29, 1.82) is 0 Å². The summed E-state index contributed by atoms with van der Waals surface area (Å²) in [5.74, 6) is 1.49. The number of ether oxygens (including phenoxy) is 3. The molecule has 0 N–H and O–H groups in total. The molecule has 1 aliphatic rings. The standard InChI is InChI=1S/C25H28N4O5/c1-17-5-6-23(34-4)22(13-17)29-8-7-21(26-29)25(31)28-11-9-27(10-12-28)24(30)18-14-19(32-2)16-20(15-18)33-3/h5-8,13-16H,9-12H2,1-4H3. The number of hydrogen-bond donors (Lipinski definition) is 0. The van der Waals surface area contributed by atoms with Gasteiger partial charge in [0.05, 0.1) is 21.3 Å². The molecule has 1 aromatic heterocycles. The Morgan fingerprint density at radius 1 is 0.794 bits per heavy atom. The zero-order chi connectivity index (χ0) is 24.2. The Hall–Kier alpha value is -4.01. The lowest BCUT2D eigenvalue weighted by molar-refractivity contribution is 0.0531. The van der Waals surface area contributed by atoms with Gasteiger partial charge in [0, 0.05) is 44.0 Å². The second-order valence-electron chi connectivity index (χ2n) is 8.01. The van der Waals surface area contributed by atoms with Crippen molar-refractivity contribution in [1.82, 2.24) is 19.6 Å². The minimum Gasteiger partial charge on any atom is -0.497 e. The van der Waals surface area contributed by atoms with E-state index in [4.69, 9.17) is 14.2 Å². The molecule has 9 nitrogen and oxygen atoms in total. The molecule has 0 bridgehead atoms. The minimum absolute atomic E-state index is 0.125. The predicted molar refractivity (Wildman–Crippen MR) is 126 cm³/mol. The largest absolute Gasteiger partial charge is 0.497 e. The first-order valence-corrected chi connectivity index (χ1v) is 11.0. The third-order valence-electron chi connectivity index (χ3n) is 5.84. The molecular formula is C25H28N4O5. The van der Waals surface area contributed by atoms with Crippen LogP contribution in [0.15, 0.2) is 48.7 Å². The van der Waals surface area contributed by atoms with Crippen molar-refractivity contribution in [3.05, 3.63) is 65.5 Å². The molecule has 0 spiro atoms. The number of carbonyl (C=O) groups is 2. The van der Waals surface area contributed by atoms with Gasteiger partial charge in [-0.2, -0.15) is 5.10 Å². The molecule has 34 heavy (non-hydrogen) atoms. The Morgan fingerprint density at radius 3 is 2.00 bits per heavy atom. The summed E-state index contributed by atoms with van der Waals surface area (Å²) in [6, 6.07) is 12.6. The number of amides is 2. The summed E-state index contributed by atoms with van der Waals surface area (Å²) in [5, 5.41) is 4.48.